The highest BCUT2D eigenvalue weighted by atomic mass is 16.3. The van der Waals surface area contributed by atoms with Crippen molar-refractivity contribution in [1.82, 2.24) is 15.0 Å². The van der Waals surface area contributed by atoms with Crippen LogP contribution in [0.4, 0.5) is 0 Å². The van der Waals surface area contributed by atoms with Gasteiger partial charge in [0.1, 0.15) is 22.3 Å². The summed E-state index contributed by atoms with van der Waals surface area (Å²) in [6.45, 7) is 0. The third kappa shape index (κ3) is 6.32. The van der Waals surface area contributed by atoms with Crippen molar-refractivity contribution in [2.24, 2.45) is 0 Å². The fourth-order valence-corrected chi connectivity index (χ4v) is 8.68. The van der Waals surface area contributed by atoms with Crippen molar-refractivity contribution in [2.75, 3.05) is 0 Å². The number of hydrogen-bond acceptors (Lipinski definition) is 5. The van der Waals surface area contributed by atoms with Gasteiger partial charge >= 0.3 is 0 Å². The van der Waals surface area contributed by atoms with Gasteiger partial charge in [-0.15, -0.1) is 0 Å². The number of hydrogen-bond donors (Lipinski definition) is 0. The molecule has 0 bridgehead atoms. The summed E-state index contributed by atoms with van der Waals surface area (Å²) in [6, 6.07) is 73.6. The lowest BCUT2D eigenvalue weighted by Crippen LogP contribution is -2.00. The molecule has 62 heavy (non-hydrogen) atoms. The van der Waals surface area contributed by atoms with E-state index in [1.54, 1.807) is 0 Å². The molecule has 0 fully saturated rings. The fraction of sp³-hybridized carbons (Fsp3) is 0. The predicted octanol–water partition coefficient (Wildman–Crippen LogP) is 15.3. The molecule has 0 atom stereocenters. The maximum absolute atomic E-state index is 6.70. The van der Waals surface area contributed by atoms with Gasteiger partial charge in [0.05, 0.1) is 0 Å². The van der Waals surface area contributed by atoms with Crippen LogP contribution in [0.15, 0.2) is 221 Å². The number of para-hydroxylation sites is 1. The molecular weight excluding hydrogens is 759 g/mol. The van der Waals surface area contributed by atoms with E-state index in [1.807, 2.05) is 42.5 Å². The van der Waals surface area contributed by atoms with Crippen molar-refractivity contribution in [3.8, 4) is 78.7 Å². The maximum Gasteiger partial charge on any atom is 0.164 e. The van der Waals surface area contributed by atoms with Crippen molar-refractivity contribution in [3.63, 3.8) is 0 Å². The first kappa shape index (κ1) is 35.5. The van der Waals surface area contributed by atoms with Gasteiger partial charge in [-0.3, -0.25) is 0 Å². The highest BCUT2D eigenvalue weighted by Gasteiger charge is 2.19. The molecule has 12 aromatic rings. The van der Waals surface area contributed by atoms with Crippen LogP contribution >= 0.6 is 0 Å². The van der Waals surface area contributed by atoms with Crippen LogP contribution in [-0.2, 0) is 0 Å². The van der Waals surface area contributed by atoms with Gasteiger partial charge in [0.15, 0.2) is 17.5 Å². The molecule has 290 valence electrons. The van der Waals surface area contributed by atoms with E-state index >= 15 is 0 Å². The molecule has 0 aliphatic heterocycles. The zero-order valence-corrected chi connectivity index (χ0v) is 33.4. The predicted molar refractivity (Wildman–Crippen MR) is 252 cm³/mol. The van der Waals surface area contributed by atoms with E-state index in [0.717, 1.165) is 93.9 Å². The standard InChI is InChI=1S/C57H35N3O2/c1-4-14-36(15-5-1)39-20-12-21-40(30-39)55-58-56(41-27-29-51-49(34-41)47-22-10-11-24-50(47)61-51)60-57(59-55)42-26-28-48-53(35-42)62-52-25-13-23-46(54(48)52)45-32-43(37-16-6-2-7-17-37)31-44(33-45)38-18-8-3-9-19-38/h1-35H. The summed E-state index contributed by atoms with van der Waals surface area (Å²) in [4.78, 5) is 15.4. The van der Waals surface area contributed by atoms with E-state index in [-0.39, 0.29) is 0 Å². The van der Waals surface area contributed by atoms with Gasteiger partial charge < -0.3 is 8.83 Å². The van der Waals surface area contributed by atoms with Crippen LogP contribution in [0.25, 0.3) is 123 Å². The highest BCUT2D eigenvalue weighted by molar-refractivity contribution is 6.13. The van der Waals surface area contributed by atoms with Crippen LogP contribution in [0.5, 0.6) is 0 Å². The lowest BCUT2D eigenvalue weighted by atomic mass is 9.91. The van der Waals surface area contributed by atoms with Gasteiger partial charge in [0.25, 0.3) is 0 Å². The Labute approximate surface area is 357 Å². The molecule has 0 saturated heterocycles. The molecule has 0 aliphatic rings. The number of fused-ring (bicyclic) bond motifs is 6. The Bertz CT molecular complexity index is 3570. The third-order valence-corrected chi connectivity index (χ3v) is 11.7. The summed E-state index contributed by atoms with van der Waals surface area (Å²) < 4.78 is 12.9. The SMILES string of the molecule is c1ccc(-c2cccc(-c3nc(-c4ccc5c(c4)oc4cccc(-c6cc(-c7ccccc7)cc(-c7ccccc7)c6)c45)nc(-c4ccc5oc6ccccc6c5c4)n3)c2)cc1. The van der Waals surface area contributed by atoms with Gasteiger partial charge in [-0.25, -0.2) is 15.0 Å². The minimum atomic E-state index is 0.554. The summed E-state index contributed by atoms with van der Waals surface area (Å²) in [7, 11) is 0. The van der Waals surface area contributed by atoms with Crippen molar-refractivity contribution in [3.05, 3.63) is 212 Å². The average molecular weight is 794 g/mol. The Morgan fingerprint density at radius 2 is 0.710 bits per heavy atom. The van der Waals surface area contributed by atoms with Gasteiger partial charge in [-0.1, -0.05) is 146 Å². The largest absolute Gasteiger partial charge is 0.456 e. The van der Waals surface area contributed by atoms with E-state index in [2.05, 4.69) is 170 Å². The quantitative estimate of drug-likeness (QED) is 0.161. The molecule has 5 heteroatoms. The first-order valence-electron chi connectivity index (χ1n) is 20.7. The number of furan rings is 2. The summed E-state index contributed by atoms with van der Waals surface area (Å²) >= 11 is 0. The molecule has 0 saturated carbocycles. The van der Waals surface area contributed by atoms with Crippen LogP contribution < -0.4 is 0 Å². The van der Waals surface area contributed by atoms with Gasteiger partial charge in [0.2, 0.25) is 0 Å². The summed E-state index contributed by atoms with van der Waals surface area (Å²) in [5, 5.41) is 4.14. The monoisotopic (exact) mass is 793 g/mol. The topological polar surface area (TPSA) is 65.0 Å². The van der Waals surface area contributed by atoms with E-state index in [9.17, 15) is 0 Å². The first-order chi connectivity index (χ1) is 30.7. The van der Waals surface area contributed by atoms with Gasteiger partial charge in [0, 0.05) is 38.2 Å². The van der Waals surface area contributed by atoms with Crippen LogP contribution in [-0.4, -0.2) is 15.0 Å². The summed E-state index contributed by atoms with van der Waals surface area (Å²) in [5.74, 6) is 1.71. The van der Waals surface area contributed by atoms with Gasteiger partial charge in [-0.2, -0.15) is 0 Å². The second kappa shape index (κ2) is 14.7. The Kier molecular flexibility index (Phi) is 8.42. The van der Waals surface area contributed by atoms with E-state index in [4.69, 9.17) is 23.8 Å². The smallest absolute Gasteiger partial charge is 0.164 e. The zero-order chi connectivity index (χ0) is 41.0. The Balaban J connectivity index is 1.01. The highest BCUT2D eigenvalue weighted by Crippen LogP contribution is 2.41. The molecule has 9 aromatic carbocycles. The number of rotatable bonds is 7. The molecule has 5 nitrogen and oxygen atoms in total. The minimum Gasteiger partial charge on any atom is -0.456 e. The van der Waals surface area contributed by atoms with Crippen LogP contribution in [0.3, 0.4) is 0 Å². The molecule has 0 aliphatic carbocycles. The van der Waals surface area contributed by atoms with Crippen molar-refractivity contribution >= 4 is 43.9 Å². The molecule has 0 spiro atoms. The molecule has 0 radical (unpaired) electrons. The molecule has 0 amide bonds. The molecule has 12 rings (SSSR count). The fourth-order valence-electron chi connectivity index (χ4n) is 8.68. The summed E-state index contributed by atoms with van der Waals surface area (Å²) in [5.41, 5.74) is 14.9. The number of nitrogens with zero attached hydrogens (tertiary/aromatic N) is 3. The van der Waals surface area contributed by atoms with Gasteiger partial charge in [-0.05, 0) is 111 Å². The molecule has 0 N–H and O–H groups in total. The van der Waals surface area contributed by atoms with Crippen molar-refractivity contribution in [2.45, 2.75) is 0 Å². The molecular formula is C57H35N3O2. The molecule has 3 heterocycles. The molecule has 0 unspecified atom stereocenters. The van der Waals surface area contributed by atoms with Crippen LogP contribution in [0.1, 0.15) is 0 Å². The lowest BCUT2D eigenvalue weighted by molar-refractivity contribution is 0.668. The lowest BCUT2D eigenvalue weighted by Gasteiger charge is -2.12. The van der Waals surface area contributed by atoms with Crippen molar-refractivity contribution in [1.29, 1.82) is 0 Å². The van der Waals surface area contributed by atoms with E-state index < -0.39 is 0 Å². The maximum atomic E-state index is 6.70. The minimum absolute atomic E-state index is 0.554. The van der Waals surface area contributed by atoms with E-state index in [0.29, 0.717) is 17.5 Å². The number of benzene rings is 9. The van der Waals surface area contributed by atoms with E-state index in [1.165, 1.54) is 11.1 Å². The second-order valence-corrected chi connectivity index (χ2v) is 15.6. The normalized spacial score (nSPS) is 11.5. The zero-order valence-electron chi connectivity index (χ0n) is 33.4. The average Bonchev–Trinajstić information content (AvgIpc) is 3.92. The Morgan fingerprint density at radius 1 is 0.242 bits per heavy atom. The number of aromatic nitrogens is 3. The second-order valence-electron chi connectivity index (χ2n) is 15.6. The molecule has 3 aromatic heterocycles. The van der Waals surface area contributed by atoms with Crippen molar-refractivity contribution < 1.29 is 8.83 Å². The van der Waals surface area contributed by atoms with Crippen LogP contribution in [0, 0.1) is 0 Å². The summed E-state index contributed by atoms with van der Waals surface area (Å²) in [6.07, 6.45) is 0. The van der Waals surface area contributed by atoms with Crippen LogP contribution in [0.2, 0.25) is 0 Å². The Morgan fingerprint density at radius 3 is 1.40 bits per heavy atom. The Hall–Kier alpha value is -8.41. The first-order valence-corrected chi connectivity index (χ1v) is 20.7. The third-order valence-electron chi connectivity index (χ3n) is 11.7.